The lowest BCUT2D eigenvalue weighted by Gasteiger charge is -2.41. The van der Waals surface area contributed by atoms with E-state index in [1.54, 1.807) is 0 Å². The number of fused-ring (bicyclic) bond motifs is 1. The van der Waals surface area contributed by atoms with E-state index in [4.69, 9.17) is 0 Å². The first-order valence-electron chi connectivity index (χ1n) is 6.65. The number of rotatable bonds is 3. The predicted octanol–water partition coefficient (Wildman–Crippen LogP) is 2.77. The fourth-order valence-electron chi connectivity index (χ4n) is 3.09. The van der Waals surface area contributed by atoms with Gasteiger partial charge in [0.2, 0.25) is 0 Å². The van der Waals surface area contributed by atoms with Crippen molar-refractivity contribution >= 4 is 0 Å². The molecule has 0 saturated carbocycles. The number of hydrogen-bond donors (Lipinski definition) is 1. The molecular weight excluding hydrogens is 208 g/mol. The second-order valence-electron chi connectivity index (χ2n) is 5.17. The van der Waals surface area contributed by atoms with Crippen molar-refractivity contribution in [3.63, 3.8) is 0 Å². The van der Waals surface area contributed by atoms with Gasteiger partial charge < -0.3 is 10.2 Å². The summed E-state index contributed by atoms with van der Waals surface area (Å²) in [6.45, 7) is 5.69. The number of hydrogen-bond acceptors (Lipinski definition) is 2. The quantitative estimate of drug-likeness (QED) is 0.862. The normalized spacial score (nSPS) is 28.2. The molecule has 0 fully saturated rings. The van der Waals surface area contributed by atoms with E-state index in [1.807, 2.05) is 0 Å². The van der Waals surface area contributed by atoms with Crippen LogP contribution in [0.3, 0.4) is 0 Å². The van der Waals surface area contributed by atoms with E-state index in [-0.39, 0.29) is 0 Å². The number of likely N-dealkylation sites (N-methyl/N-ethyl adjacent to an activating group) is 2. The SMILES string of the molecule is CCN(C)C1CC(C)c2ccccc2C1NC. The predicted molar refractivity (Wildman–Crippen MR) is 73.4 cm³/mol. The fourth-order valence-corrected chi connectivity index (χ4v) is 3.09. The number of nitrogens with zero attached hydrogens (tertiary/aromatic N) is 1. The largest absolute Gasteiger partial charge is 0.312 e. The monoisotopic (exact) mass is 232 g/mol. The van der Waals surface area contributed by atoms with Gasteiger partial charge in [-0.15, -0.1) is 0 Å². The van der Waals surface area contributed by atoms with Gasteiger partial charge in [-0.3, -0.25) is 0 Å². The highest BCUT2D eigenvalue weighted by atomic mass is 15.2. The molecule has 0 amide bonds. The van der Waals surface area contributed by atoms with Crippen LogP contribution in [0.1, 0.15) is 43.4 Å². The van der Waals surface area contributed by atoms with Crippen molar-refractivity contribution < 1.29 is 0 Å². The smallest absolute Gasteiger partial charge is 0.0478 e. The lowest BCUT2D eigenvalue weighted by atomic mass is 9.77. The zero-order chi connectivity index (χ0) is 12.4. The molecule has 3 atom stereocenters. The van der Waals surface area contributed by atoms with Gasteiger partial charge in [-0.25, -0.2) is 0 Å². The Balaban J connectivity index is 2.38. The molecule has 17 heavy (non-hydrogen) atoms. The maximum absolute atomic E-state index is 3.50. The van der Waals surface area contributed by atoms with Gasteiger partial charge in [0, 0.05) is 12.1 Å². The number of benzene rings is 1. The van der Waals surface area contributed by atoms with Crippen molar-refractivity contribution in [2.45, 2.75) is 38.3 Å². The van der Waals surface area contributed by atoms with Gasteiger partial charge in [-0.2, -0.15) is 0 Å². The molecule has 1 aromatic carbocycles. The summed E-state index contributed by atoms with van der Waals surface area (Å²) in [5.74, 6) is 0.662. The third kappa shape index (κ3) is 2.24. The van der Waals surface area contributed by atoms with Gasteiger partial charge in [-0.05, 0) is 44.1 Å². The summed E-state index contributed by atoms with van der Waals surface area (Å²) in [5.41, 5.74) is 3.01. The Morgan fingerprint density at radius 3 is 2.53 bits per heavy atom. The molecule has 0 bridgehead atoms. The second kappa shape index (κ2) is 5.19. The molecule has 94 valence electrons. The van der Waals surface area contributed by atoms with Gasteiger partial charge in [0.1, 0.15) is 0 Å². The molecule has 1 aromatic rings. The Hall–Kier alpha value is -0.860. The molecule has 2 heteroatoms. The fraction of sp³-hybridized carbons (Fsp3) is 0.600. The van der Waals surface area contributed by atoms with Crippen LogP contribution in [0, 0.1) is 0 Å². The zero-order valence-electron chi connectivity index (χ0n) is 11.4. The summed E-state index contributed by atoms with van der Waals surface area (Å²) >= 11 is 0. The Bertz CT molecular complexity index is 375. The van der Waals surface area contributed by atoms with Crippen LogP contribution < -0.4 is 5.32 Å². The van der Waals surface area contributed by atoms with Crippen LogP contribution in [0.25, 0.3) is 0 Å². The van der Waals surface area contributed by atoms with Crippen LogP contribution in [-0.4, -0.2) is 31.6 Å². The summed E-state index contributed by atoms with van der Waals surface area (Å²) in [6, 6.07) is 9.95. The van der Waals surface area contributed by atoms with Crippen LogP contribution >= 0.6 is 0 Å². The van der Waals surface area contributed by atoms with E-state index in [2.05, 4.69) is 62.4 Å². The van der Waals surface area contributed by atoms with Crippen LogP contribution in [0.2, 0.25) is 0 Å². The van der Waals surface area contributed by atoms with Crippen molar-refractivity contribution in [2.75, 3.05) is 20.6 Å². The minimum Gasteiger partial charge on any atom is -0.312 e. The van der Waals surface area contributed by atoms with Crippen LogP contribution in [-0.2, 0) is 0 Å². The highest BCUT2D eigenvalue weighted by Gasteiger charge is 2.33. The first kappa shape index (κ1) is 12.6. The maximum atomic E-state index is 3.50. The minimum atomic E-state index is 0.465. The Kier molecular flexibility index (Phi) is 3.85. The molecule has 0 spiro atoms. The molecule has 1 aliphatic rings. The first-order chi connectivity index (χ1) is 8.19. The maximum Gasteiger partial charge on any atom is 0.0478 e. The first-order valence-corrected chi connectivity index (χ1v) is 6.65. The molecule has 0 radical (unpaired) electrons. The summed E-state index contributed by atoms with van der Waals surface area (Å²) in [4.78, 5) is 2.47. The van der Waals surface area contributed by atoms with E-state index >= 15 is 0 Å². The molecule has 2 rings (SSSR count). The van der Waals surface area contributed by atoms with Gasteiger partial charge in [0.25, 0.3) is 0 Å². The number of nitrogens with one attached hydrogen (secondary N) is 1. The van der Waals surface area contributed by atoms with Crippen molar-refractivity contribution in [1.29, 1.82) is 0 Å². The third-order valence-corrected chi connectivity index (χ3v) is 4.22. The molecule has 1 aliphatic carbocycles. The highest BCUT2D eigenvalue weighted by Crippen LogP contribution is 2.38. The molecule has 1 N–H and O–H groups in total. The Morgan fingerprint density at radius 1 is 1.29 bits per heavy atom. The van der Waals surface area contributed by atoms with Gasteiger partial charge in [0.05, 0.1) is 0 Å². The summed E-state index contributed by atoms with van der Waals surface area (Å²) in [7, 11) is 4.31. The van der Waals surface area contributed by atoms with E-state index in [9.17, 15) is 0 Å². The molecule has 0 saturated heterocycles. The molecular formula is C15H24N2. The third-order valence-electron chi connectivity index (χ3n) is 4.22. The summed E-state index contributed by atoms with van der Waals surface area (Å²) in [5, 5.41) is 3.50. The average Bonchev–Trinajstić information content (AvgIpc) is 2.38. The molecule has 2 nitrogen and oxygen atoms in total. The van der Waals surface area contributed by atoms with E-state index in [0.29, 0.717) is 18.0 Å². The van der Waals surface area contributed by atoms with E-state index < -0.39 is 0 Å². The molecule has 0 aromatic heterocycles. The second-order valence-corrected chi connectivity index (χ2v) is 5.17. The van der Waals surface area contributed by atoms with Crippen LogP contribution in [0.5, 0.6) is 0 Å². The van der Waals surface area contributed by atoms with Gasteiger partial charge in [0.15, 0.2) is 0 Å². The molecule has 0 aliphatic heterocycles. The molecule has 0 heterocycles. The summed E-state index contributed by atoms with van der Waals surface area (Å²) in [6.07, 6.45) is 1.24. The van der Waals surface area contributed by atoms with Crippen molar-refractivity contribution in [2.24, 2.45) is 0 Å². The highest BCUT2D eigenvalue weighted by molar-refractivity contribution is 5.36. The Labute approximate surface area is 105 Å². The van der Waals surface area contributed by atoms with Crippen molar-refractivity contribution in [1.82, 2.24) is 10.2 Å². The van der Waals surface area contributed by atoms with E-state index in [0.717, 1.165) is 6.54 Å². The van der Waals surface area contributed by atoms with Gasteiger partial charge >= 0.3 is 0 Å². The van der Waals surface area contributed by atoms with Crippen LogP contribution in [0.15, 0.2) is 24.3 Å². The van der Waals surface area contributed by atoms with Crippen molar-refractivity contribution in [3.05, 3.63) is 35.4 Å². The lowest BCUT2D eigenvalue weighted by molar-refractivity contribution is 0.175. The Morgan fingerprint density at radius 2 is 1.94 bits per heavy atom. The van der Waals surface area contributed by atoms with Crippen LogP contribution in [0.4, 0.5) is 0 Å². The molecule has 3 unspecified atom stereocenters. The van der Waals surface area contributed by atoms with E-state index in [1.165, 1.54) is 17.5 Å². The topological polar surface area (TPSA) is 15.3 Å². The minimum absolute atomic E-state index is 0.465. The summed E-state index contributed by atoms with van der Waals surface area (Å²) < 4.78 is 0. The van der Waals surface area contributed by atoms with Gasteiger partial charge in [-0.1, -0.05) is 38.1 Å². The standard InChI is InChI=1S/C15H24N2/c1-5-17(4)14-10-11(2)12-8-6-7-9-13(12)15(14)16-3/h6-9,11,14-16H,5,10H2,1-4H3. The van der Waals surface area contributed by atoms with Crippen molar-refractivity contribution in [3.8, 4) is 0 Å². The zero-order valence-corrected chi connectivity index (χ0v) is 11.4. The average molecular weight is 232 g/mol. The lowest BCUT2D eigenvalue weighted by Crippen LogP contribution is -2.45.